The molecule has 1 aliphatic carbocycles. The minimum atomic E-state index is 0.0353. The standard InChI is InChI=1S/C10H15N3O2/c1-12-5-9(11-6-12)7-4-8(7)10(14)13(2)15-3/h5-8H,4H2,1-3H3. The van der Waals surface area contributed by atoms with Crippen LogP contribution in [0.1, 0.15) is 18.0 Å². The van der Waals surface area contributed by atoms with Crippen LogP contribution in [-0.4, -0.2) is 34.7 Å². The number of amides is 1. The Bertz CT molecular complexity index is 374. The summed E-state index contributed by atoms with van der Waals surface area (Å²) in [7, 11) is 5.06. The summed E-state index contributed by atoms with van der Waals surface area (Å²) in [5.74, 6) is 0.356. The summed E-state index contributed by atoms with van der Waals surface area (Å²) in [4.78, 5) is 20.8. The summed E-state index contributed by atoms with van der Waals surface area (Å²) in [6, 6.07) is 0. The average molecular weight is 209 g/mol. The molecule has 0 aliphatic heterocycles. The molecule has 1 aromatic rings. The van der Waals surface area contributed by atoms with Gasteiger partial charge in [-0.25, -0.2) is 10.0 Å². The molecule has 1 fully saturated rings. The van der Waals surface area contributed by atoms with Crippen LogP contribution < -0.4 is 0 Å². The molecule has 0 bridgehead atoms. The topological polar surface area (TPSA) is 47.4 Å². The molecule has 2 rings (SSSR count). The van der Waals surface area contributed by atoms with Gasteiger partial charge in [-0.15, -0.1) is 0 Å². The number of carbonyl (C=O) groups is 1. The van der Waals surface area contributed by atoms with Crippen LogP contribution in [-0.2, 0) is 16.7 Å². The van der Waals surface area contributed by atoms with E-state index in [1.807, 2.05) is 17.8 Å². The molecule has 15 heavy (non-hydrogen) atoms. The molecule has 0 spiro atoms. The van der Waals surface area contributed by atoms with Gasteiger partial charge in [-0.1, -0.05) is 0 Å². The molecule has 0 saturated heterocycles. The smallest absolute Gasteiger partial charge is 0.249 e. The second-order valence-corrected chi connectivity index (χ2v) is 3.93. The van der Waals surface area contributed by atoms with Crippen molar-refractivity contribution in [2.45, 2.75) is 12.3 Å². The van der Waals surface area contributed by atoms with E-state index >= 15 is 0 Å². The van der Waals surface area contributed by atoms with Crippen LogP contribution in [0, 0.1) is 5.92 Å². The fraction of sp³-hybridized carbons (Fsp3) is 0.600. The maximum Gasteiger partial charge on any atom is 0.249 e. The Hall–Kier alpha value is -1.36. The van der Waals surface area contributed by atoms with Crippen LogP contribution in [0.4, 0.5) is 0 Å². The summed E-state index contributed by atoms with van der Waals surface area (Å²) < 4.78 is 1.90. The van der Waals surface area contributed by atoms with Gasteiger partial charge in [-0.05, 0) is 6.42 Å². The molecule has 1 aromatic heterocycles. The molecular formula is C10H15N3O2. The van der Waals surface area contributed by atoms with Gasteiger partial charge in [0, 0.05) is 32.1 Å². The summed E-state index contributed by atoms with van der Waals surface area (Å²) in [5, 5.41) is 1.29. The molecule has 2 atom stereocenters. The third kappa shape index (κ3) is 1.87. The van der Waals surface area contributed by atoms with Crippen molar-refractivity contribution in [3.63, 3.8) is 0 Å². The van der Waals surface area contributed by atoms with E-state index in [4.69, 9.17) is 4.84 Å². The Morgan fingerprint density at radius 2 is 2.47 bits per heavy atom. The van der Waals surface area contributed by atoms with E-state index in [0.29, 0.717) is 0 Å². The normalized spacial score (nSPS) is 23.9. The third-order valence-electron chi connectivity index (χ3n) is 2.80. The van der Waals surface area contributed by atoms with Gasteiger partial charge in [-0.2, -0.15) is 0 Å². The Morgan fingerprint density at radius 1 is 1.73 bits per heavy atom. The molecule has 1 aliphatic rings. The van der Waals surface area contributed by atoms with Gasteiger partial charge in [0.2, 0.25) is 5.91 Å². The zero-order chi connectivity index (χ0) is 11.0. The van der Waals surface area contributed by atoms with Gasteiger partial charge in [0.15, 0.2) is 0 Å². The van der Waals surface area contributed by atoms with E-state index in [9.17, 15) is 4.79 Å². The molecule has 1 saturated carbocycles. The highest BCUT2D eigenvalue weighted by molar-refractivity contribution is 5.81. The Balaban J connectivity index is 1.99. The van der Waals surface area contributed by atoms with Crippen molar-refractivity contribution in [1.29, 1.82) is 0 Å². The molecular weight excluding hydrogens is 194 g/mol. The average Bonchev–Trinajstić information content (AvgIpc) is 2.92. The molecule has 0 radical (unpaired) electrons. The van der Waals surface area contributed by atoms with Gasteiger partial charge in [-0.3, -0.25) is 9.63 Å². The van der Waals surface area contributed by atoms with Crippen LogP contribution in [0.15, 0.2) is 12.5 Å². The maximum atomic E-state index is 11.7. The van der Waals surface area contributed by atoms with Crippen LogP contribution in [0.3, 0.4) is 0 Å². The number of hydrogen-bond donors (Lipinski definition) is 0. The lowest BCUT2D eigenvalue weighted by Gasteiger charge is -2.12. The second kappa shape index (κ2) is 3.66. The minimum absolute atomic E-state index is 0.0353. The number of rotatable bonds is 3. The number of nitrogens with zero attached hydrogens (tertiary/aromatic N) is 3. The minimum Gasteiger partial charge on any atom is -0.340 e. The number of hydroxylamine groups is 2. The van der Waals surface area contributed by atoms with E-state index in [2.05, 4.69) is 4.98 Å². The third-order valence-corrected chi connectivity index (χ3v) is 2.80. The molecule has 0 N–H and O–H groups in total. The Kier molecular flexibility index (Phi) is 2.48. The Labute approximate surface area is 88.6 Å². The highest BCUT2D eigenvalue weighted by atomic mass is 16.7. The first-order valence-electron chi connectivity index (χ1n) is 4.93. The van der Waals surface area contributed by atoms with E-state index in [1.165, 1.54) is 12.2 Å². The van der Waals surface area contributed by atoms with Crippen molar-refractivity contribution in [2.24, 2.45) is 13.0 Å². The van der Waals surface area contributed by atoms with Crippen LogP contribution in [0.5, 0.6) is 0 Å². The first-order valence-corrected chi connectivity index (χ1v) is 4.93. The lowest BCUT2D eigenvalue weighted by molar-refractivity contribution is -0.170. The highest BCUT2D eigenvalue weighted by Gasteiger charge is 2.46. The van der Waals surface area contributed by atoms with Gasteiger partial charge in [0.1, 0.15) is 0 Å². The number of hydrogen-bond acceptors (Lipinski definition) is 3. The van der Waals surface area contributed by atoms with Gasteiger partial charge in [0.05, 0.1) is 19.1 Å². The van der Waals surface area contributed by atoms with Gasteiger partial charge in [0.25, 0.3) is 0 Å². The lowest BCUT2D eigenvalue weighted by atomic mass is 10.2. The Morgan fingerprint density at radius 3 is 3.00 bits per heavy atom. The SMILES string of the molecule is CON(C)C(=O)C1CC1c1cn(C)cn1. The van der Waals surface area contributed by atoms with Crippen LogP contribution in [0.2, 0.25) is 0 Å². The van der Waals surface area contributed by atoms with Crippen molar-refractivity contribution in [3.8, 4) is 0 Å². The zero-order valence-corrected chi connectivity index (χ0v) is 9.17. The number of aryl methyl sites for hydroxylation is 1. The summed E-state index contributed by atoms with van der Waals surface area (Å²) in [6.07, 6.45) is 4.60. The molecule has 0 aromatic carbocycles. The molecule has 1 heterocycles. The van der Waals surface area contributed by atoms with E-state index in [1.54, 1.807) is 13.4 Å². The van der Waals surface area contributed by atoms with Crippen molar-refractivity contribution < 1.29 is 9.63 Å². The summed E-state index contributed by atoms with van der Waals surface area (Å²) in [6.45, 7) is 0. The van der Waals surface area contributed by atoms with E-state index in [0.717, 1.165) is 12.1 Å². The zero-order valence-electron chi connectivity index (χ0n) is 9.17. The monoisotopic (exact) mass is 209 g/mol. The van der Waals surface area contributed by atoms with E-state index < -0.39 is 0 Å². The molecule has 2 unspecified atom stereocenters. The van der Waals surface area contributed by atoms with Gasteiger partial charge >= 0.3 is 0 Å². The number of aromatic nitrogens is 2. The first-order chi connectivity index (χ1) is 7.13. The summed E-state index contributed by atoms with van der Waals surface area (Å²) >= 11 is 0. The molecule has 5 heteroatoms. The number of carbonyl (C=O) groups excluding carboxylic acids is 1. The fourth-order valence-electron chi connectivity index (χ4n) is 1.74. The van der Waals surface area contributed by atoms with Crippen molar-refractivity contribution in [1.82, 2.24) is 14.6 Å². The fourth-order valence-corrected chi connectivity index (χ4v) is 1.74. The largest absolute Gasteiger partial charge is 0.340 e. The highest BCUT2D eigenvalue weighted by Crippen LogP contribution is 2.47. The second-order valence-electron chi connectivity index (χ2n) is 3.93. The molecule has 82 valence electrons. The molecule has 1 amide bonds. The maximum absolute atomic E-state index is 11.7. The van der Waals surface area contributed by atoms with Crippen molar-refractivity contribution in [3.05, 3.63) is 18.2 Å². The molecule has 5 nitrogen and oxygen atoms in total. The number of imidazole rings is 1. The van der Waals surface area contributed by atoms with Crippen LogP contribution in [0.25, 0.3) is 0 Å². The predicted octanol–water partition coefficient (Wildman–Crippen LogP) is 0.543. The quantitative estimate of drug-likeness (QED) is 0.683. The summed E-state index contributed by atoms with van der Waals surface area (Å²) in [5.41, 5.74) is 1.00. The van der Waals surface area contributed by atoms with Gasteiger partial charge < -0.3 is 4.57 Å². The lowest BCUT2D eigenvalue weighted by Crippen LogP contribution is -2.27. The van der Waals surface area contributed by atoms with Crippen molar-refractivity contribution in [2.75, 3.05) is 14.2 Å². The predicted molar refractivity (Wildman–Crippen MR) is 53.8 cm³/mol. The van der Waals surface area contributed by atoms with Crippen molar-refractivity contribution >= 4 is 5.91 Å². The van der Waals surface area contributed by atoms with E-state index in [-0.39, 0.29) is 17.7 Å². The first kappa shape index (κ1) is 10.2. The van der Waals surface area contributed by atoms with Crippen LogP contribution >= 0.6 is 0 Å².